The van der Waals surface area contributed by atoms with E-state index in [0.717, 1.165) is 24.2 Å². The summed E-state index contributed by atoms with van der Waals surface area (Å²) in [7, 11) is 0. The number of hydrogen-bond acceptors (Lipinski definition) is 3. The molecule has 3 fully saturated rings. The van der Waals surface area contributed by atoms with Crippen molar-refractivity contribution < 1.29 is 22.7 Å². The van der Waals surface area contributed by atoms with Gasteiger partial charge in [0, 0.05) is 49.6 Å². The molecule has 2 amide bonds. The molecule has 2 aliphatic heterocycles. The molecular formula is C24H29F3N4O2. The van der Waals surface area contributed by atoms with Crippen LogP contribution in [0.15, 0.2) is 24.3 Å². The number of hydrogen-bond donors (Lipinski definition) is 1. The number of benzene rings is 1. The third-order valence-electron chi connectivity index (χ3n) is 7.09. The number of aromatic amines is 1. The Labute approximate surface area is 191 Å². The average Bonchev–Trinajstić information content (AvgIpc) is 3.54. The van der Waals surface area contributed by atoms with Gasteiger partial charge in [0.2, 0.25) is 0 Å². The predicted molar refractivity (Wildman–Crippen MR) is 116 cm³/mol. The summed E-state index contributed by atoms with van der Waals surface area (Å²) in [6.07, 6.45) is -1.44. The average molecular weight is 463 g/mol. The maximum absolute atomic E-state index is 13.6. The first-order valence-corrected chi connectivity index (χ1v) is 11.6. The largest absolute Gasteiger partial charge is 0.416 e. The SMILES string of the molecule is Cc1ccc(C2CC(c3cc(C4CC4)[nH]n3)CN(C(=O)N3CCOCC3)C2)cc1C(F)(F)F. The summed E-state index contributed by atoms with van der Waals surface area (Å²) in [6.45, 7) is 4.45. The first-order valence-electron chi connectivity index (χ1n) is 11.6. The number of carbonyl (C=O) groups is 1. The molecule has 1 N–H and O–H groups in total. The highest BCUT2D eigenvalue weighted by molar-refractivity contribution is 5.75. The number of piperidine rings is 1. The lowest BCUT2D eigenvalue weighted by Crippen LogP contribution is -2.52. The summed E-state index contributed by atoms with van der Waals surface area (Å²) in [4.78, 5) is 16.9. The highest BCUT2D eigenvalue weighted by Gasteiger charge is 2.38. The second-order valence-electron chi connectivity index (χ2n) is 9.51. The van der Waals surface area contributed by atoms with E-state index < -0.39 is 11.7 Å². The van der Waals surface area contributed by atoms with E-state index in [-0.39, 0.29) is 23.4 Å². The first-order chi connectivity index (χ1) is 15.8. The Bertz CT molecular complexity index is 1010. The Balaban J connectivity index is 1.44. The van der Waals surface area contributed by atoms with Gasteiger partial charge >= 0.3 is 12.2 Å². The minimum atomic E-state index is -4.40. The van der Waals surface area contributed by atoms with Crippen LogP contribution in [-0.2, 0) is 10.9 Å². The molecule has 0 bridgehead atoms. The molecule has 2 saturated heterocycles. The fourth-order valence-electron chi connectivity index (χ4n) is 5.03. The lowest BCUT2D eigenvalue weighted by atomic mass is 9.82. The van der Waals surface area contributed by atoms with E-state index in [9.17, 15) is 18.0 Å². The Morgan fingerprint density at radius 3 is 2.48 bits per heavy atom. The van der Waals surface area contributed by atoms with Gasteiger partial charge in [-0.2, -0.15) is 18.3 Å². The summed E-state index contributed by atoms with van der Waals surface area (Å²) in [6, 6.07) is 6.58. The van der Waals surface area contributed by atoms with Crippen LogP contribution in [0, 0.1) is 6.92 Å². The number of nitrogens with one attached hydrogen (secondary N) is 1. The molecule has 3 aliphatic rings. The molecule has 3 heterocycles. The van der Waals surface area contributed by atoms with Crippen LogP contribution >= 0.6 is 0 Å². The van der Waals surface area contributed by atoms with Gasteiger partial charge in [-0.25, -0.2) is 4.79 Å². The third kappa shape index (κ3) is 4.74. The van der Waals surface area contributed by atoms with E-state index in [4.69, 9.17) is 4.74 Å². The van der Waals surface area contributed by atoms with Gasteiger partial charge in [-0.3, -0.25) is 5.10 Å². The van der Waals surface area contributed by atoms with Crippen molar-refractivity contribution in [2.24, 2.45) is 0 Å². The lowest BCUT2D eigenvalue weighted by molar-refractivity contribution is -0.138. The minimum Gasteiger partial charge on any atom is -0.378 e. The highest BCUT2D eigenvalue weighted by Crippen LogP contribution is 2.42. The van der Waals surface area contributed by atoms with Gasteiger partial charge in [-0.1, -0.05) is 12.1 Å². The van der Waals surface area contributed by atoms with Crippen molar-refractivity contribution in [1.82, 2.24) is 20.0 Å². The molecule has 6 nitrogen and oxygen atoms in total. The zero-order valence-corrected chi connectivity index (χ0v) is 18.7. The molecule has 178 valence electrons. The molecule has 0 spiro atoms. The van der Waals surface area contributed by atoms with Crippen LogP contribution in [0.25, 0.3) is 0 Å². The zero-order chi connectivity index (χ0) is 23.2. The molecule has 1 saturated carbocycles. The second kappa shape index (κ2) is 8.66. The highest BCUT2D eigenvalue weighted by atomic mass is 19.4. The van der Waals surface area contributed by atoms with E-state index in [1.807, 2.05) is 0 Å². The maximum atomic E-state index is 13.6. The van der Waals surface area contributed by atoms with E-state index in [1.54, 1.807) is 15.9 Å². The predicted octanol–water partition coefficient (Wildman–Crippen LogP) is 4.64. The van der Waals surface area contributed by atoms with E-state index in [2.05, 4.69) is 16.3 Å². The lowest BCUT2D eigenvalue weighted by Gasteiger charge is -2.40. The van der Waals surface area contributed by atoms with Crippen molar-refractivity contribution in [2.75, 3.05) is 39.4 Å². The smallest absolute Gasteiger partial charge is 0.378 e. The fourth-order valence-corrected chi connectivity index (χ4v) is 5.03. The molecule has 2 atom stereocenters. The van der Waals surface area contributed by atoms with E-state index >= 15 is 0 Å². The van der Waals surface area contributed by atoms with E-state index in [0.29, 0.717) is 57.3 Å². The molecule has 9 heteroatoms. The van der Waals surface area contributed by atoms with Crippen molar-refractivity contribution >= 4 is 6.03 Å². The number of amides is 2. The molecule has 2 aromatic rings. The number of rotatable bonds is 3. The van der Waals surface area contributed by atoms with Gasteiger partial charge in [-0.15, -0.1) is 0 Å². The van der Waals surface area contributed by atoms with Crippen LogP contribution in [0.5, 0.6) is 0 Å². The Morgan fingerprint density at radius 2 is 1.79 bits per heavy atom. The Kier molecular flexibility index (Phi) is 5.84. The molecule has 5 rings (SSSR count). The molecule has 1 aromatic heterocycles. The summed E-state index contributed by atoms with van der Waals surface area (Å²) < 4.78 is 46.1. The van der Waals surface area contributed by atoms with Crippen LogP contribution < -0.4 is 0 Å². The number of likely N-dealkylation sites (tertiary alicyclic amines) is 1. The fraction of sp³-hybridized carbons (Fsp3) is 0.583. The molecule has 0 radical (unpaired) electrons. The van der Waals surface area contributed by atoms with Crippen molar-refractivity contribution in [3.05, 3.63) is 52.3 Å². The van der Waals surface area contributed by atoms with Crippen LogP contribution in [0.1, 0.15) is 65.1 Å². The number of ether oxygens (including phenoxy) is 1. The van der Waals surface area contributed by atoms with Gasteiger partial charge in [0.15, 0.2) is 0 Å². The summed E-state index contributed by atoms with van der Waals surface area (Å²) in [5, 5.41) is 7.66. The third-order valence-corrected chi connectivity index (χ3v) is 7.09. The number of halogens is 3. The van der Waals surface area contributed by atoms with Gasteiger partial charge in [0.1, 0.15) is 0 Å². The number of morpholine rings is 1. The summed E-state index contributed by atoms with van der Waals surface area (Å²) in [5.41, 5.74) is 2.23. The zero-order valence-electron chi connectivity index (χ0n) is 18.7. The number of aromatic nitrogens is 2. The van der Waals surface area contributed by atoms with Crippen molar-refractivity contribution in [1.29, 1.82) is 0 Å². The van der Waals surface area contributed by atoms with Crippen LogP contribution in [0.3, 0.4) is 0 Å². The number of H-pyrrole nitrogens is 1. The van der Waals surface area contributed by atoms with Crippen molar-refractivity contribution in [3.8, 4) is 0 Å². The quantitative estimate of drug-likeness (QED) is 0.723. The van der Waals surface area contributed by atoms with Crippen LogP contribution in [-0.4, -0.2) is 65.4 Å². The first kappa shape index (κ1) is 22.3. The maximum Gasteiger partial charge on any atom is 0.416 e. The molecule has 2 unspecified atom stereocenters. The number of aryl methyl sites for hydroxylation is 1. The molecular weight excluding hydrogens is 433 g/mol. The summed E-state index contributed by atoms with van der Waals surface area (Å²) >= 11 is 0. The van der Waals surface area contributed by atoms with Gasteiger partial charge < -0.3 is 14.5 Å². The summed E-state index contributed by atoms with van der Waals surface area (Å²) in [5.74, 6) is 0.299. The van der Waals surface area contributed by atoms with Gasteiger partial charge in [0.25, 0.3) is 0 Å². The van der Waals surface area contributed by atoms with Crippen molar-refractivity contribution in [3.63, 3.8) is 0 Å². The van der Waals surface area contributed by atoms with Crippen LogP contribution in [0.2, 0.25) is 0 Å². The number of carbonyl (C=O) groups excluding carboxylic acids is 1. The minimum absolute atomic E-state index is 0.0341. The Hall–Kier alpha value is -2.55. The van der Waals surface area contributed by atoms with Gasteiger partial charge in [0.05, 0.1) is 24.5 Å². The topological polar surface area (TPSA) is 61.5 Å². The second-order valence-corrected chi connectivity index (χ2v) is 9.51. The van der Waals surface area contributed by atoms with Crippen molar-refractivity contribution in [2.45, 2.75) is 50.1 Å². The normalized spacial score (nSPS) is 24.2. The number of alkyl halides is 3. The molecule has 33 heavy (non-hydrogen) atoms. The molecule has 1 aromatic carbocycles. The Morgan fingerprint density at radius 1 is 1.06 bits per heavy atom. The monoisotopic (exact) mass is 462 g/mol. The van der Waals surface area contributed by atoms with Gasteiger partial charge in [-0.05, 0) is 49.4 Å². The molecule has 1 aliphatic carbocycles. The number of urea groups is 1. The van der Waals surface area contributed by atoms with Crippen LogP contribution in [0.4, 0.5) is 18.0 Å². The van der Waals surface area contributed by atoms with E-state index in [1.165, 1.54) is 19.1 Å². The number of nitrogens with zero attached hydrogens (tertiary/aromatic N) is 3. The standard InChI is InChI=1S/C24H29F3N4O2/c1-15-2-3-17(11-20(15)24(25,26)27)18-10-19(22-12-21(28-29-22)16-4-5-16)14-31(13-18)23(32)30-6-8-33-9-7-30/h2-3,11-12,16,18-19H,4-10,13-14H2,1H3,(H,28,29).